The van der Waals surface area contributed by atoms with Crippen LogP contribution >= 0.6 is 22.6 Å². The molecule has 1 aliphatic heterocycles. The Labute approximate surface area is 148 Å². The first-order chi connectivity index (χ1) is 10.3. The Morgan fingerprint density at radius 1 is 1.27 bits per heavy atom. The number of nitrogens with zero attached hydrogens (tertiary/aromatic N) is 3. The number of nitrogens with one attached hydrogen (secondary N) is 1. The van der Waals surface area contributed by atoms with E-state index in [-0.39, 0.29) is 5.41 Å². The van der Waals surface area contributed by atoms with Gasteiger partial charge in [-0.05, 0) is 42.6 Å². The van der Waals surface area contributed by atoms with E-state index in [0.29, 0.717) is 0 Å². The molecular formula is C17H27IN4. The number of pyridine rings is 1. The van der Waals surface area contributed by atoms with E-state index >= 15 is 0 Å². The Hall–Kier alpha value is -0.820. The maximum absolute atomic E-state index is 4.67. The lowest BCUT2D eigenvalue weighted by Crippen LogP contribution is -2.44. The van der Waals surface area contributed by atoms with Crippen LogP contribution in [0.3, 0.4) is 0 Å². The molecule has 1 N–H and O–H groups in total. The van der Waals surface area contributed by atoms with Crippen LogP contribution in [-0.4, -0.2) is 43.1 Å². The highest BCUT2D eigenvalue weighted by Gasteiger charge is 2.19. The maximum Gasteiger partial charge on any atom is 0.129 e. The van der Waals surface area contributed by atoms with Crippen molar-refractivity contribution in [2.24, 2.45) is 5.41 Å². The van der Waals surface area contributed by atoms with Gasteiger partial charge in [0.05, 0.1) is 11.9 Å². The Morgan fingerprint density at radius 3 is 2.41 bits per heavy atom. The average molecular weight is 414 g/mol. The predicted molar refractivity (Wildman–Crippen MR) is 103 cm³/mol. The molecule has 5 heteroatoms. The third-order valence-corrected chi connectivity index (χ3v) is 4.92. The predicted octanol–water partition coefficient (Wildman–Crippen LogP) is 3.80. The minimum atomic E-state index is 0.105. The number of aromatic nitrogens is 1. The number of rotatable bonds is 3. The lowest BCUT2D eigenvalue weighted by atomic mass is 9.91. The second kappa shape index (κ2) is 7.17. The zero-order valence-electron chi connectivity index (χ0n) is 14.3. The molecule has 0 spiro atoms. The molecule has 1 aliphatic rings. The van der Waals surface area contributed by atoms with Crippen LogP contribution in [-0.2, 0) is 0 Å². The van der Waals surface area contributed by atoms with Gasteiger partial charge in [-0.3, -0.25) is 0 Å². The summed E-state index contributed by atoms with van der Waals surface area (Å²) in [6.45, 7) is 13.0. The molecule has 0 aromatic carbocycles. The minimum absolute atomic E-state index is 0.105. The Bertz CT molecular complexity index is 540. The van der Waals surface area contributed by atoms with E-state index in [2.05, 4.69) is 89.6 Å². The highest BCUT2D eigenvalue weighted by atomic mass is 127. The summed E-state index contributed by atoms with van der Waals surface area (Å²) in [5.41, 5.74) is 2.41. The smallest absolute Gasteiger partial charge is 0.129 e. The number of halogens is 1. The molecule has 1 aromatic heterocycles. The third kappa shape index (κ3) is 4.35. The van der Waals surface area contributed by atoms with Gasteiger partial charge in [0.25, 0.3) is 0 Å². The van der Waals surface area contributed by atoms with Crippen molar-refractivity contribution in [3.05, 3.63) is 27.6 Å². The van der Waals surface area contributed by atoms with Gasteiger partial charge in [-0.1, -0.05) is 26.8 Å². The second-order valence-corrected chi connectivity index (χ2v) is 8.05. The van der Waals surface area contributed by atoms with E-state index in [1.54, 1.807) is 0 Å². The van der Waals surface area contributed by atoms with Gasteiger partial charge in [0.2, 0.25) is 0 Å². The summed E-state index contributed by atoms with van der Waals surface area (Å²) in [5, 5.41) is 3.54. The molecule has 0 unspecified atom stereocenters. The second-order valence-electron chi connectivity index (χ2n) is 6.89. The van der Waals surface area contributed by atoms with Crippen LogP contribution in [0.4, 0.5) is 11.5 Å². The van der Waals surface area contributed by atoms with Crippen molar-refractivity contribution in [2.75, 3.05) is 43.4 Å². The first kappa shape index (κ1) is 17.5. The van der Waals surface area contributed by atoms with Crippen LogP contribution in [0, 0.1) is 8.99 Å². The molecule has 22 heavy (non-hydrogen) atoms. The molecule has 0 bridgehead atoms. The van der Waals surface area contributed by atoms with Gasteiger partial charge >= 0.3 is 0 Å². The molecule has 0 amide bonds. The number of hydrogen-bond acceptors (Lipinski definition) is 4. The van der Waals surface area contributed by atoms with Crippen molar-refractivity contribution in [1.82, 2.24) is 9.88 Å². The van der Waals surface area contributed by atoms with Crippen LogP contribution in [0.15, 0.2) is 24.0 Å². The molecule has 1 saturated heterocycles. The van der Waals surface area contributed by atoms with Gasteiger partial charge in [0.1, 0.15) is 5.82 Å². The van der Waals surface area contributed by atoms with Gasteiger partial charge in [-0.2, -0.15) is 0 Å². The fraction of sp³-hybridized carbons (Fsp3) is 0.588. The van der Waals surface area contributed by atoms with Crippen molar-refractivity contribution in [2.45, 2.75) is 27.7 Å². The van der Waals surface area contributed by atoms with Gasteiger partial charge in [0, 0.05) is 40.9 Å². The van der Waals surface area contributed by atoms with E-state index in [0.717, 1.165) is 37.7 Å². The number of likely N-dealkylation sites (N-methyl/N-ethyl adjacent to an activating group) is 1. The molecule has 1 aromatic rings. The van der Waals surface area contributed by atoms with Crippen LogP contribution in [0.25, 0.3) is 0 Å². The van der Waals surface area contributed by atoms with Crippen molar-refractivity contribution >= 4 is 34.1 Å². The fourth-order valence-electron chi connectivity index (χ4n) is 2.56. The average Bonchev–Trinajstić information content (AvgIpc) is 2.45. The Kier molecular flexibility index (Phi) is 5.71. The van der Waals surface area contributed by atoms with E-state index < -0.39 is 0 Å². The van der Waals surface area contributed by atoms with Crippen LogP contribution < -0.4 is 10.2 Å². The van der Waals surface area contributed by atoms with Crippen LogP contribution in [0.2, 0.25) is 0 Å². The van der Waals surface area contributed by atoms with Crippen molar-refractivity contribution in [3.8, 4) is 0 Å². The molecule has 2 rings (SSSR count). The normalized spacial score (nSPS) is 17.7. The lowest BCUT2D eigenvalue weighted by Gasteiger charge is -2.33. The summed E-state index contributed by atoms with van der Waals surface area (Å²) in [6.07, 6.45) is 4.11. The first-order valence-corrected chi connectivity index (χ1v) is 8.92. The van der Waals surface area contributed by atoms with Crippen LogP contribution in [0.1, 0.15) is 27.7 Å². The number of allylic oxidation sites excluding steroid dienone is 2. The Balaban J connectivity index is 2.13. The van der Waals surface area contributed by atoms with E-state index in [9.17, 15) is 0 Å². The van der Waals surface area contributed by atoms with Gasteiger partial charge < -0.3 is 15.1 Å². The SMILES string of the molecule is CC=C(Nc1cnc(N2CCN(C)CC2)cc1I)C(C)(C)C. The molecule has 0 aliphatic carbocycles. The summed E-state index contributed by atoms with van der Waals surface area (Å²) < 4.78 is 1.21. The zero-order chi connectivity index (χ0) is 16.3. The van der Waals surface area contributed by atoms with Crippen molar-refractivity contribution < 1.29 is 0 Å². The third-order valence-electron chi connectivity index (χ3n) is 4.03. The van der Waals surface area contributed by atoms with Gasteiger partial charge in [-0.15, -0.1) is 0 Å². The molecule has 0 atom stereocenters. The molecule has 2 heterocycles. The lowest BCUT2D eigenvalue weighted by molar-refractivity contribution is 0.312. The first-order valence-electron chi connectivity index (χ1n) is 7.84. The molecule has 122 valence electrons. The van der Waals surface area contributed by atoms with Gasteiger partial charge in [0.15, 0.2) is 0 Å². The highest BCUT2D eigenvalue weighted by Crippen LogP contribution is 2.29. The van der Waals surface area contributed by atoms with Crippen LogP contribution in [0.5, 0.6) is 0 Å². The molecule has 0 radical (unpaired) electrons. The van der Waals surface area contributed by atoms with E-state index in [1.165, 1.54) is 9.27 Å². The maximum atomic E-state index is 4.67. The fourth-order valence-corrected chi connectivity index (χ4v) is 3.11. The Morgan fingerprint density at radius 2 is 1.91 bits per heavy atom. The van der Waals surface area contributed by atoms with E-state index in [1.807, 2.05) is 6.20 Å². The van der Waals surface area contributed by atoms with Gasteiger partial charge in [-0.25, -0.2) is 4.98 Å². The monoisotopic (exact) mass is 414 g/mol. The molecule has 4 nitrogen and oxygen atoms in total. The number of piperazine rings is 1. The summed E-state index contributed by atoms with van der Waals surface area (Å²) in [6, 6.07) is 2.18. The zero-order valence-corrected chi connectivity index (χ0v) is 16.4. The summed E-state index contributed by atoms with van der Waals surface area (Å²) >= 11 is 2.40. The molecule has 1 fully saturated rings. The summed E-state index contributed by atoms with van der Waals surface area (Å²) in [7, 11) is 2.17. The van der Waals surface area contributed by atoms with Crippen molar-refractivity contribution in [3.63, 3.8) is 0 Å². The largest absolute Gasteiger partial charge is 0.357 e. The van der Waals surface area contributed by atoms with Crippen molar-refractivity contribution in [1.29, 1.82) is 0 Å². The van der Waals surface area contributed by atoms with E-state index in [4.69, 9.17) is 0 Å². The number of hydrogen-bond donors (Lipinski definition) is 1. The molecule has 0 saturated carbocycles. The highest BCUT2D eigenvalue weighted by molar-refractivity contribution is 14.1. The quantitative estimate of drug-likeness (QED) is 0.763. The summed E-state index contributed by atoms with van der Waals surface area (Å²) in [4.78, 5) is 9.40. The topological polar surface area (TPSA) is 31.4 Å². The molecular weight excluding hydrogens is 387 g/mol. The minimum Gasteiger partial charge on any atom is -0.357 e. The standard InChI is InChI=1S/C17H27IN4/c1-6-15(17(2,3)4)20-14-12-19-16(11-13(14)18)22-9-7-21(5)8-10-22/h6,11-12,20H,7-10H2,1-5H3. The summed E-state index contributed by atoms with van der Waals surface area (Å²) in [5.74, 6) is 1.08. The number of anilines is 2.